The van der Waals surface area contributed by atoms with Crippen LogP contribution in [0.3, 0.4) is 0 Å². The highest BCUT2D eigenvalue weighted by Crippen LogP contribution is 1.95. The number of allylic oxidation sites excluding steroid dienone is 2. The fourth-order valence-corrected chi connectivity index (χ4v) is 0.332. The third-order valence-corrected chi connectivity index (χ3v) is 0.617. The molecular weight excluding hydrogens is 90.9 g/mol. The Kier molecular flexibility index (Phi) is 1.07. The van der Waals surface area contributed by atoms with Gasteiger partial charge in [-0.05, 0) is 0 Å². The monoisotopic (exact) mass is 95.0 g/mol. The van der Waals surface area contributed by atoms with Gasteiger partial charge in [0.25, 0.3) is 5.95 Å². The highest BCUT2D eigenvalue weighted by Gasteiger charge is 1.94. The normalized spacial score (nSPS) is 16.9. The van der Waals surface area contributed by atoms with Gasteiger partial charge in [-0.1, -0.05) is 12.1 Å². The van der Waals surface area contributed by atoms with Crippen molar-refractivity contribution in [3.8, 4) is 0 Å². The van der Waals surface area contributed by atoms with E-state index in [0.717, 1.165) is 0 Å². The van der Waals surface area contributed by atoms with E-state index >= 15 is 0 Å². The Morgan fingerprint density at radius 1 is 1.71 bits per heavy atom. The summed E-state index contributed by atoms with van der Waals surface area (Å²) >= 11 is 0. The highest BCUT2D eigenvalue weighted by atomic mass is 16.6. The van der Waals surface area contributed by atoms with Gasteiger partial charge < -0.3 is 9.76 Å². The van der Waals surface area contributed by atoms with Crippen LogP contribution >= 0.6 is 0 Å². The fourth-order valence-electron chi connectivity index (χ4n) is 0.332. The molecule has 0 saturated carbocycles. The molecule has 1 radical (unpaired) electrons. The average molecular weight is 94.9 g/mol. The molecule has 3 heteroatoms. The summed E-state index contributed by atoms with van der Waals surface area (Å²) < 4.78 is 4.48. The third kappa shape index (κ3) is 0.997. The molecule has 1 aliphatic heterocycles. The van der Waals surface area contributed by atoms with E-state index in [0.29, 0.717) is 0 Å². The van der Waals surface area contributed by atoms with Crippen LogP contribution in [-0.2, 0) is 4.65 Å². The average Bonchev–Trinajstić information content (AvgIpc) is 1.69. The SMILES string of the molecule is OC1=CC=C[B]O1. The van der Waals surface area contributed by atoms with Gasteiger partial charge in [0.15, 0.2) is 0 Å². The minimum Gasteiger partial charge on any atom is -0.534 e. The zero-order valence-electron chi connectivity index (χ0n) is 3.66. The van der Waals surface area contributed by atoms with E-state index in [1.807, 2.05) is 0 Å². The van der Waals surface area contributed by atoms with Crippen LogP contribution in [0.4, 0.5) is 0 Å². The fraction of sp³-hybridized carbons (Fsp3) is 0. The van der Waals surface area contributed by atoms with Crippen LogP contribution in [0, 0.1) is 0 Å². The van der Waals surface area contributed by atoms with Gasteiger partial charge in [0.2, 0.25) is 0 Å². The summed E-state index contributed by atoms with van der Waals surface area (Å²) in [6.07, 6.45) is 3.17. The smallest absolute Gasteiger partial charge is 0.405 e. The topological polar surface area (TPSA) is 29.5 Å². The molecule has 0 saturated heterocycles. The van der Waals surface area contributed by atoms with Crippen molar-refractivity contribution < 1.29 is 9.76 Å². The quantitative estimate of drug-likeness (QED) is 0.445. The van der Waals surface area contributed by atoms with Gasteiger partial charge in [0.1, 0.15) is 0 Å². The van der Waals surface area contributed by atoms with E-state index in [4.69, 9.17) is 5.11 Å². The number of rotatable bonds is 0. The number of aliphatic hydroxyl groups excluding tert-OH is 1. The highest BCUT2D eigenvalue weighted by molar-refractivity contribution is 6.35. The molecule has 0 fully saturated rings. The van der Waals surface area contributed by atoms with Crippen molar-refractivity contribution in [1.82, 2.24) is 0 Å². The third-order valence-electron chi connectivity index (χ3n) is 0.617. The van der Waals surface area contributed by atoms with Gasteiger partial charge in [-0.3, -0.25) is 0 Å². The van der Waals surface area contributed by atoms with Gasteiger partial charge in [-0.25, -0.2) is 0 Å². The Hall–Kier alpha value is -0.855. The predicted molar refractivity (Wildman–Crippen MR) is 26.7 cm³/mol. The molecule has 0 aliphatic carbocycles. The van der Waals surface area contributed by atoms with E-state index < -0.39 is 0 Å². The Balaban J connectivity index is 2.57. The van der Waals surface area contributed by atoms with E-state index in [-0.39, 0.29) is 5.95 Å². The standard InChI is InChI=1S/C4H4BO2/c6-4-2-1-3-5-7-4/h1-3,6H. The first-order valence-electron chi connectivity index (χ1n) is 1.95. The van der Waals surface area contributed by atoms with Crippen LogP contribution in [0.1, 0.15) is 0 Å². The molecule has 35 valence electrons. The summed E-state index contributed by atoms with van der Waals surface area (Å²) in [6.45, 7) is 0. The van der Waals surface area contributed by atoms with E-state index in [9.17, 15) is 0 Å². The van der Waals surface area contributed by atoms with Crippen LogP contribution in [0.2, 0.25) is 0 Å². The number of hydrogen-bond acceptors (Lipinski definition) is 2. The van der Waals surface area contributed by atoms with Crippen molar-refractivity contribution >= 4 is 7.48 Å². The molecule has 0 atom stereocenters. The molecule has 2 nitrogen and oxygen atoms in total. The van der Waals surface area contributed by atoms with Crippen molar-refractivity contribution in [1.29, 1.82) is 0 Å². The molecule has 0 aromatic carbocycles. The maximum absolute atomic E-state index is 8.47. The molecule has 0 spiro atoms. The molecule has 7 heavy (non-hydrogen) atoms. The van der Waals surface area contributed by atoms with E-state index in [1.54, 1.807) is 12.1 Å². The summed E-state index contributed by atoms with van der Waals surface area (Å²) in [5, 5.41) is 8.47. The Morgan fingerprint density at radius 2 is 2.57 bits per heavy atom. The van der Waals surface area contributed by atoms with Crippen LogP contribution in [0.5, 0.6) is 0 Å². The van der Waals surface area contributed by atoms with Gasteiger partial charge >= 0.3 is 7.48 Å². The van der Waals surface area contributed by atoms with Gasteiger partial charge in [0.05, 0.1) is 0 Å². The molecule has 0 amide bonds. The molecule has 1 heterocycles. The molecule has 1 aliphatic rings. The largest absolute Gasteiger partial charge is 0.534 e. The second kappa shape index (κ2) is 1.73. The predicted octanol–water partition coefficient (Wildman–Crippen LogP) is 0.549. The summed E-state index contributed by atoms with van der Waals surface area (Å²) in [5.74, 6) is 1.64. The van der Waals surface area contributed by atoms with Crippen LogP contribution in [-0.4, -0.2) is 12.6 Å². The first kappa shape index (κ1) is 4.31. The summed E-state index contributed by atoms with van der Waals surface area (Å²) in [5.41, 5.74) is 0. The lowest BCUT2D eigenvalue weighted by atomic mass is 10.00. The van der Waals surface area contributed by atoms with Crippen molar-refractivity contribution in [2.75, 3.05) is 0 Å². The maximum atomic E-state index is 8.47. The van der Waals surface area contributed by atoms with Crippen LogP contribution < -0.4 is 0 Å². The molecule has 0 aromatic rings. The maximum Gasteiger partial charge on any atom is 0.405 e. The Morgan fingerprint density at radius 3 is 2.86 bits per heavy atom. The minimum absolute atomic E-state index is 0.0532. The summed E-state index contributed by atoms with van der Waals surface area (Å²) in [7, 11) is 1.41. The van der Waals surface area contributed by atoms with E-state index in [2.05, 4.69) is 4.65 Å². The van der Waals surface area contributed by atoms with Crippen LogP contribution in [0.25, 0.3) is 0 Å². The Labute approximate surface area is 42.4 Å². The number of aliphatic hydroxyl groups is 1. The van der Waals surface area contributed by atoms with Crippen molar-refractivity contribution in [2.45, 2.75) is 0 Å². The second-order valence-electron chi connectivity index (χ2n) is 1.14. The molecule has 1 rings (SSSR count). The summed E-state index contributed by atoms with van der Waals surface area (Å²) in [4.78, 5) is 0. The van der Waals surface area contributed by atoms with E-state index in [1.165, 1.54) is 13.6 Å². The van der Waals surface area contributed by atoms with Crippen LogP contribution in [0.15, 0.2) is 24.1 Å². The minimum atomic E-state index is -0.0532. The first-order valence-corrected chi connectivity index (χ1v) is 1.95. The van der Waals surface area contributed by atoms with Gasteiger partial charge in [-0.15, -0.1) is 0 Å². The lowest BCUT2D eigenvalue weighted by molar-refractivity contribution is 0.217. The zero-order valence-corrected chi connectivity index (χ0v) is 3.66. The first-order chi connectivity index (χ1) is 3.39. The lowest BCUT2D eigenvalue weighted by Crippen LogP contribution is -1.97. The molecular formula is C4H4BO2. The van der Waals surface area contributed by atoms with Crippen molar-refractivity contribution in [3.63, 3.8) is 0 Å². The second-order valence-corrected chi connectivity index (χ2v) is 1.14. The zero-order chi connectivity index (χ0) is 5.11. The molecule has 0 unspecified atom stereocenters. The lowest BCUT2D eigenvalue weighted by Gasteiger charge is -2.00. The molecule has 0 bridgehead atoms. The summed E-state index contributed by atoms with van der Waals surface area (Å²) in [6, 6.07) is 0. The Bertz CT molecular complexity index is 117. The van der Waals surface area contributed by atoms with Crippen molar-refractivity contribution in [3.05, 3.63) is 24.1 Å². The number of hydrogen-bond donors (Lipinski definition) is 1. The van der Waals surface area contributed by atoms with Gasteiger partial charge in [0, 0.05) is 6.08 Å². The molecule has 0 aromatic heterocycles. The van der Waals surface area contributed by atoms with Crippen molar-refractivity contribution in [2.24, 2.45) is 0 Å². The van der Waals surface area contributed by atoms with Gasteiger partial charge in [-0.2, -0.15) is 0 Å². The molecule has 1 N–H and O–H groups in total.